The molecule has 0 bridgehead atoms. The summed E-state index contributed by atoms with van der Waals surface area (Å²) in [4.78, 5) is 0. The van der Waals surface area contributed by atoms with Gasteiger partial charge < -0.3 is 4.74 Å². The number of alkyl halides is 3. The Balaban J connectivity index is 2.17. The molecular weight excluding hydrogens is 205 g/mol. The van der Waals surface area contributed by atoms with Crippen molar-refractivity contribution in [3.05, 3.63) is 47.7 Å². The molecule has 0 aliphatic carbocycles. The van der Waals surface area contributed by atoms with Gasteiger partial charge in [-0.1, -0.05) is 12.1 Å². The van der Waals surface area contributed by atoms with Gasteiger partial charge in [-0.25, -0.2) is 0 Å². The maximum Gasteiger partial charge on any atom is 0.416 e. The zero-order valence-electron chi connectivity index (χ0n) is 7.79. The van der Waals surface area contributed by atoms with Crippen LogP contribution >= 0.6 is 0 Å². The van der Waals surface area contributed by atoms with E-state index in [4.69, 9.17) is 4.74 Å². The molecule has 1 heterocycles. The molecule has 0 amide bonds. The number of ether oxygens (including phenoxy) is 1. The predicted molar refractivity (Wildman–Crippen MR) is 49.0 cm³/mol. The van der Waals surface area contributed by atoms with Crippen molar-refractivity contribution in [1.29, 1.82) is 0 Å². The van der Waals surface area contributed by atoms with Crippen LogP contribution in [-0.4, -0.2) is 0 Å². The van der Waals surface area contributed by atoms with E-state index < -0.39 is 11.7 Å². The average Bonchev–Trinajstić information content (AvgIpc) is 2.69. The van der Waals surface area contributed by atoms with Gasteiger partial charge >= 0.3 is 6.18 Å². The van der Waals surface area contributed by atoms with E-state index in [-0.39, 0.29) is 6.10 Å². The van der Waals surface area contributed by atoms with Crippen molar-refractivity contribution in [3.8, 4) is 0 Å². The molecule has 15 heavy (non-hydrogen) atoms. The fraction of sp³-hybridized carbons (Fsp3) is 0.273. The minimum atomic E-state index is -4.27. The zero-order valence-corrected chi connectivity index (χ0v) is 7.79. The van der Waals surface area contributed by atoms with Crippen LogP contribution in [0.5, 0.6) is 0 Å². The monoisotopic (exact) mass is 214 g/mol. The minimum Gasteiger partial charge on any atom is -0.493 e. The van der Waals surface area contributed by atoms with Gasteiger partial charge in [0.25, 0.3) is 0 Å². The summed E-state index contributed by atoms with van der Waals surface area (Å²) in [7, 11) is 0. The van der Waals surface area contributed by atoms with Crippen LogP contribution in [0.1, 0.15) is 23.7 Å². The summed E-state index contributed by atoms with van der Waals surface area (Å²) in [6.45, 7) is 0. The Bertz CT molecular complexity index is 356. The van der Waals surface area contributed by atoms with Crippen LogP contribution in [0, 0.1) is 0 Å². The van der Waals surface area contributed by atoms with E-state index in [1.54, 1.807) is 6.26 Å². The Kier molecular flexibility index (Phi) is 2.42. The fourth-order valence-electron chi connectivity index (χ4n) is 1.49. The molecule has 1 aromatic carbocycles. The zero-order chi connectivity index (χ0) is 10.9. The third-order valence-corrected chi connectivity index (χ3v) is 2.30. The normalized spacial score (nSPS) is 20.3. The van der Waals surface area contributed by atoms with Gasteiger partial charge in [-0.2, -0.15) is 13.2 Å². The Hall–Kier alpha value is -1.45. The topological polar surface area (TPSA) is 9.23 Å². The van der Waals surface area contributed by atoms with Crippen molar-refractivity contribution >= 4 is 0 Å². The number of halogens is 3. The van der Waals surface area contributed by atoms with E-state index in [2.05, 4.69) is 0 Å². The molecule has 0 saturated heterocycles. The summed E-state index contributed by atoms with van der Waals surface area (Å²) < 4.78 is 42.0. The molecule has 2 rings (SSSR count). The van der Waals surface area contributed by atoms with Crippen LogP contribution in [0.25, 0.3) is 0 Å². The first-order valence-corrected chi connectivity index (χ1v) is 4.55. The van der Waals surface area contributed by atoms with E-state index in [0.717, 1.165) is 17.7 Å². The number of hydrogen-bond donors (Lipinski definition) is 0. The highest BCUT2D eigenvalue weighted by Gasteiger charge is 2.30. The Labute approximate surface area is 85.2 Å². The third kappa shape index (κ3) is 2.14. The summed E-state index contributed by atoms with van der Waals surface area (Å²) in [6, 6.07) is 5.08. The summed E-state index contributed by atoms with van der Waals surface area (Å²) in [5.74, 6) is 0. The molecule has 0 N–H and O–H groups in total. The van der Waals surface area contributed by atoms with Crippen molar-refractivity contribution < 1.29 is 17.9 Å². The van der Waals surface area contributed by atoms with Crippen LogP contribution in [0.4, 0.5) is 13.2 Å². The van der Waals surface area contributed by atoms with Gasteiger partial charge in [-0.15, -0.1) is 0 Å². The standard InChI is InChI=1S/C11H9F3O/c12-11(13,14)9-5-3-8(4-6-9)10-2-1-7-15-10/h1,3-7,10H,2H2/t10-/m0/s1. The van der Waals surface area contributed by atoms with Gasteiger partial charge in [0.05, 0.1) is 11.8 Å². The highest BCUT2D eigenvalue weighted by Crippen LogP contribution is 2.32. The lowest BCUT2D eigenvalue weighted by Crippen LogP contribution is -2.05. The van der Waals surface area contributed by atoms with Gasteiger partial charge in [0.15, 0.2) is 0 Å². The predicted octanol–water partition coefficient (Wildman–Crippen LogP) is 3.68. The maximum absolute atomic E-state index is 12.3. The smallest absolute Gasteiger partial charge is 0.416 e. The molecule has 4 heteroatoms. The number of rotatable bonds is 1. The van der Waals surface area contributed by atoms with E-state index in [9.17, 15) is 13.2 Å². The summed E-state index contributed by atoms with van der Waals surface area (Å²) in [5.41, 5.74) is 0.144. The molecule has 0 saturated carbocycles. The first kappa shape index (κ1) is 10.1. The highest BCUT2D eigenvalue weighted by atomic mass is 19.4. The van der Waals surface area contributed by atoms with Crippen molar-refractivity contribution in [2.75, 3.05) is 0 Å². The van der Waals surface area contributed by atoms with Crippen molar-refractivity contribution in [1.82, 2.24) is 0 Å². The second-order valence-electron chi connectivity index (χ2n) is 3.35. The average molecular weight is 214 g/mol. The van der Waals surface area contributed by atoms with Gasteiger partial charge in [0.2, 0.25) is 0 Å². The molecule has 0 spiro atoms. The van der Waals surface area contributed by atoms with E-state index in [0.29, 0.717) is 6.42 Å². The third-order valence-electron chi connectivity index (χ3n) is 2.30. The molecule has 1 atom stereocenters. The molecular formula is C11H9F3O. The second kappa shape index (κ2) is 3.61. The Morgan fingerprint density at radius 3 is 2.27 bits per heavy atom. The maximum atomic E-state index is 12.3. The first-order chi connectivity index (χ1) is 7.07. The SMILES string of the molecule is FC(F)(F)c1ccc([C@@H]2CC=CO2)cc1. The molecule has 0 unspecified atom stereocenters. The molecule has 0 aromatic heterocycles. The quantitative estimate of drug-likeness (QED) is 0.692. The molecule has 1 aliphatic heterocycles. The van der Waals surface area contributed by atoms with Gasteiger partial charge in [0, 0.05) is 6.42 Å². The number of benzene rings is 1. The van der Waals surface area contributed by atoms with Crippen molar-refractivity contribution in [2.24, 2.45) is 0 Å². The van der Waals surface area contributed by atoms with Crippen molar-refractivity contribution in [2.45, 2.75) is 18.7 Å². The first-order valence-electron chi connectivity index (χ1n) is 4.55. The highest BCUT2D eigenvalue weighted by molar-refractivity contribution is 5.27. The van der Waals surface area contributed by atoms with Gasteiger partial charge in [-0.3, -0.25) is 0 Å². The van der Waals surface area contributed by atoms with Crippen LogP contribution < -0.4 is 0 Å². The Morgan fingerprint density at radius 1 is 1.13 bits per heavy atom. The minimum absolute atomic E-state index is 0.132. The lowest BCUT2D eigenvalue weighted by atomic mass is 10.1. The van der Waals surface area contributed by atoms with Crippen LogP contribution in [-0.2, 0) is 10.9 Å². The fourth-order valence-corrected chi connectivity index (χ4v) is 1.49. The van der Waals surface area contributed by atoms with Crippen LogP contribution in [0.15, 0.2) is 36.6 Å². The van der Waals surface area contributed by atoms with E-state index in [1.165, 1.54) is 12.1 Å². The van der Waals surface area contributed by atoms with Crippen LogP contribution in [0.2, 0.25) is 0 Å². The van der Waals surface area contributed by atoms with Crippen LogP contribution in [0.3, 0.4) is 0 Å². The van der Waals surface area contributed by atoms with E-state index >= 15 is 0 Å². The molecule has 0 radical (unpaired) electrons. The summed E-state index contributed by atoms with van der Waals surface area (Å²) in [5, 5.41) is 0. The molecule has 1 aromatic rings. The Morgan fingerprint density at radius 2 is 1.80 bits per heavy atom. The van der Waals surface area contributed by atoms with E-state index in [1.807, 2.05) is 6.08 Å². The molecule has 80 valence electrons. The summed E-state index contributed by atoms with van der Waals surface area (Å²) >= 11 is 0. The lowest BCUT2D eigenvalue weighted by Gasteiger charge is -2.12. The van der Waals surface area contributed by atoms with Gasteiger partial charge in [0.1, 0.15) is 6.10 Å². The second-order valence-corrected chi connectivity index (χ2v) is 3.35. The largest absolute Gasteiger partial charge is 0.493 e. The lowest BCUT2D eigenvalue weighted by molar-refractivity contribution is -0.137. The molecule has 1 nitrogen and oxygen atoms in total. The number of hydrogen-bond acceptors (Lipinski definition) is 1. The molecule has 0 fully saturated rings. The summed E-state index contributed by atoms with van der Waals surface area (Å²) in [6.07, 6.45) is -0.268. The molecule has 1 aliphatic rings. The van der Waals surface area contributed by atoms with Gasteiger partial charge in [-0.05, 0) is 23.8 Å². The van der Waals surface area contributed by atoms with Crippen molar-refractivity contribution in [3.63, 3.8) is 0 Å².